The summed E-state index contributed by atoms with van der Waals surface area (Å²) in [7, 11) is 1.73. The van der Waals surface area contributed by atoms with E-state index >= 15 is 0 Å². The molecule has 0 radical (unpaired) electrons. The van der Waals surface area contributed by atoms with Crippen molar-refractivity contribution in [2.75, 3.05) is 20.3 Å². The van der Waals surface area contributed by atoms with Gasteiger partial charge in [-0.15, -0.1) is 0 Å². The third-order valence-electron chi connectivity index (χ3n) is 10.9. The number of carbonyl (C=O) groups is 1. The molecule has 3 aromatic carbocycles. The zero-order valence-electron chi connectivity index (χ0n) is 29.7. The maximum Gasteiger partial charge on any atom is 0.330 e. The normalized spacial score (nSPS) is 21.3. The Hall–Kier alpha value is -3.99. The van der Waals surface area contributed by atoms with Gasteiger partial charge in [-0.25, -0.2) is 4.79 Å². The molecule has 1 unspecified atom stereocenters. The molecule has 0 heterocycles. The van der Waals surface area contributed by atoms with Gasteiger partial charge in [0.25, 0.3) is 0 Å². The first-order valence-electron chi connectivity index (χ1n) is 18.6. The molecule has 262 valence electrons. The second kappa shape index (κ2) is 18.7. The minimum atomic E-state index is -0.420. The summed E-state index contributed by atoms with van der Waals surface area (Å²) >= 11 is 0. The lowest BCUT2D eigenvalue weighted by Crippen LogP contribution is -2.26. The Bertz CT molecular complexity index is 1440. The first kappa shape index (κ1) is 36.3. The first-order chi connectivity index (χ1) is 23.9. The maximum atomic E-state index is 11.1. The van der Waals surface area contributed by atoms with E-state index in [0.29, 0.717) is 31.3 Å². The van der Waals surface area contributed by atoms with Crippen LogP contribution in [-0.4, -0.2) is 26.3 Å². The highest BCUT2D eigenvalue weighted by molar-refractivity contribution is 5.81. The van der Waals surface area contributed by atoms with Crippen LogP contribution in [0.1, 0.15) is 107 Å². The van der Waals surface area contributed by atoms with E-state index in [1.807, 2.05) is 24.3 Å². The summed E-state index contributed by atoms with van der Waals surface area (Å²) in [6.45, 7) is 10.7. The first-order valence-corrected chi connectivity index (χ1v) is 18.6. The van der Waals surface area contributed by atoms with Crippen molar-refractivity contribution in [2.45, 2.75) is 89.9 Å². The smallest absolute Gasteiger partial charge is 0.330 e. The Labute approximate surface area is 294 Å². The average Bonchev–Trinajstić information content (AvgIpc) is 3.15. The molecule has 5 nitrogen and oxygen atoms in total. The molecule has 1 atom stereocenters. The number of hydrogen-bond acceptors (Lipinski definition) is 5. The SMILES string of the molecule is C=CC(=O)OCCCOc1ccc(C(=C)Oc2ccc(C(CC3CCC(C4CCC(CCC)CC4)CC3)c3ccc(OC)cc3)cc2)cc1. The van der Waals surface area contributed by atoms with Gasteiger partial charge in [-0.05, 0) is 115 Å². The van der Waals surface area contributed by atoms with Crippen molar-refractivity contribution in [2.24, 2.45) is 23.7 Å². The van der Waals surface area contributed by atoms with E-state index in [2.05, 4.69) is 68.6 Å². The molecule has 0 aliphatic heterocycles. The molecule has 0 N–H and O–H groups in total. The lowest BCUT2D eigenvalue weighted by Gasteiger charge is -2.38. The van der Waals surface area contributed by atoms with Crippen LogP contribution in [0.25, 0.3) is 5.76 Å². The molecular weight excluding hydrogens is 608 g/mol. The molecule has 2 fully saturated rings. The molecule has 2 aliphatic carbocycles. The van der Waals surface area contributed by atoms with Crippen molar-refractivity contribution in [3.63, 3.8) is 0 Å². The minimum Gasteiger partial charge on any atom is -0.497 e. The maximum absolute atomic E-state index is 11.1. The van der Waals surface area contributed by atoms with Gasteiger partial charge in [0.2, 0.25) is 0 Å². The summed E-state index contributed by atoms with van der Waals surface area (Å²) < 4.78 is 22.4. The summed E-state index contributed by atoms with van der Waals surface area (Å²) in [6, 6.07) is 24.9. The van der Waals surface area contributed by atoms with Gasteiger partial charge >= 0.3 is 5.97 Å². The van der Waals surface area contributed by atoms with Crippen LogP contribution in [0.15, 0.2) is 92.0 Å². The Morgan fingerprint density at radius 1 is 0.755 bits per heavy atom. The summed E-state index contributed by atoms with van der Waals surface area (Å²) in [6.07, 6.45) is 17.1. The highest BCUT2D eigenvalue weighted by atomic mass is 16.5. The minimum absolute atomic E-state index is 0.300. The lowest BCUT2D eigenvalue weighted by atomic mass is 9.67. The zero-order chi connectivity index (χ0) is 34.4. The van der Waals surface area contributed by atoms with Crippen molar-refractivity contribution in [1.82, 2.24) is 0 Å². The fourth-order valence-electron chi connectivity index (χ4n) is 8.07. The largest absolute Gasteiger partial charge is 0.497 e. The van der Waals surface area contributed by atoms with E-state index in [-0.39, 0.29) is 0 Å². The quantitative estimate of drug-likeness (QED) is 0.0622. The molecule has 5 rings (SSSR count). The molecule has 0 aromatic heterocycles. The van der Waals surface area contributed by atoms with E-state index in [9.17, 15) is 4.79 Å². The highest BCUT2D eigenvalue weighted by Crippen LogP contribution is 2.45. The summed E-state index contributed by atoms with van der Waals surface area (Å²) in [5, 5.41) is 0. The topological polar surface area (TPSA) is 54.0 Å². The monoisotopic (exact) mass is 664 g/mol. The molecule has 0 saturated heterocycles. The Morgan fingerprint density at radius 2 is 1.31 bits per heavy atom. The number of esters is 1. The van der Waals surface area contributed by atoms with E-state index in [1.54, 1.807) is 7.11 Å². The molecule has 5 heteroatoms. The van der Waals surface area contributed by atoms with Crippen molar-refractivity contribution in [3.05, 3.63) is 109 Å². The van der Waals surface area contributed by atoms with Crippen molar-refractivity contribution in [1.29, 1.82) is 0 Å². The van der Waals surface area contributed by atoms with Crippen LogP contribution in [0, 0.1) is 23.7 Å². The van der Waals surface area contributed by atoms with Gasteiger partial charge in [0, 0.05) is 24.0 Å². The van der Waals surface area contributed by atoms with Gasteiger partial charge in [0.15, 0.2) is 0 Å². The Balaban J connectivity index is 1.16. The van der Waals surface area contributed by atoms with E-state index in [1.165, 1.54) is 81.8 Å². The molecule has 49 heavy (non-hydrogen) atoms. The van der Waals surface area contributed by atoms with Gasteiger partial charge in [-0.2, -0.15) is 0 Å². The number of rotatable bonds is 17. The summed E-state index contributed by atoms with van der Waals surface area (Å²) in [4.78, 5) is 11.1. The van der Waals surface area contributed by atoms with Crippen LogP contribution < -0.4 is 14.2 Å². The molecule has 0 spiro atoms. The second-order valence-corrected chi connectivity index (χ2v) is 14.1. The molecular formula is C44H56O5. The molecule has 3 aromatic rings. The van der Waals surface area contributed by atoms with E-state index < -0.39 is 5.97 Å². The fraction of sp³-hybridized carbons (Fsp3) is 0.477. The number of ether oxygens (including phenoxy) is 4. The van der Waals surface area contributed by atoms with Crippen LogP contribution in [-0.2, 0) is 9.53 Å². The van der Waals surface area contributed by atoms with Crippen molar-refractivity contribution in [3.8, 4) is 17.2 Å². The van der Waals surface area contributed by atoms with Crippen LogP contribution in [0.2, 0.25) is 0 Å². The van der Waals surface area contributed by atoms with Gasteiger partial charge in [0.05, 0.1) is 20.3 Å². The zero-order valence-corrected chi connectivity index (χ0v) is 29.7. The molecule has 2 saturated carbocycles. The summed E-state index contributed by atoms with van der Waals surface area (Å²) in [5.41, 5.74) is 3.55. The van der Waals surface area contributed by atoms with E-state index in [0.717, 1.165) is 52.6 Å². The van der Waals surface area contributed by atoms with E-state index in [4.69, 9.17) is 18.9 Å². The fourth-order valence-corrected chi connectivity index (χ4v) is 8.07. The molecule has 0 bridgehead atoms. The predicted octanol–water partition coefficient (Wildman–Crippen LogP) is 11.2. The van der Waals surface area contributed by atoms with Crippen LogP contribution >= 0.6 is 0 Å². The lowest BCUT2D eigenvalue weighted by molar-refractivity contribution is -0.137. The van der Waals surface area contributed by atoms with Crippen LogP contribution in [0.4, 0.5) is 0 Å². The second-order valence-electron chi connectivity index (χ2n) is 14.1. The molecule has 2 aliphatic rings. The van der Waals surface area contributed by atoms with Gasteiger partial charge < -0.3 is 18.9 Å². The Kier molecular flexibility index (Phi) is 13.8. The standard InChI is InChI=1S/C44H56O5/c1-5-8-33-9-13-36(14-10-33)37-15-11-34(12-16-37)31-43(38-19-23-40(46-4)24-20-38)39-21-27-42(28-22-39)49-32(3)35-17-25-41(26-18-35)47-29-7-30-48-44(45)6-2/h6,17-28,33-34,36-37,43H,2-3,5,7-16,29-31H2,1,4H3. The van der Waals surface area contributed by atoms with Crippen LogP contribution in [0.5, 0.6) is 17.2 Å². The highest BCUT2D eigenvalue weighted by Gasteiger charge is 2.32. The number of hydrogen-bond donors (Lipinski definition) is 0. The van der Waals surface area contributed by atoms with Gasteiger partial charge in [-0.3, -0.25) is 0 Å². The molecule has 0 amide bonds. The van der Waals surface area contributed by atoms with Gasteiger partial charge in [-0.1, -0.05) is 82.9 Å². The number of benzene rings is 3. The number of methoxy groups -OCH3 is 1. The number of carbonyl (C=O) groups excluding carboxylic acids is 1. The van der Waals surface area contributed by atoms with Crippen LogP contribution in [0.3, 0.4) is 0 Å². The average molecular weight is 665 g/mol. The van der Waals surface area contributed by atoms with Gasteiger partial charge in [0.1, 0.15) is 23.0 Å². The van der Waals surface area contributed by atoms with Crippen molar-refractivity contribution >= 4 is 11.7 Å². The summed E-state index contributed by atoms with van der Waals surface area (Å²) in [5.74, 6) is 6.53. The third kappa shape index (κ3) is 10.7. The third-order valence-corrected chi connectivity index (χ3v) is 10.9. The Morgan fingerprint density at radius 3 is 1.86 bits per heavy atom. The van der Waals surface area contributed by atoms with Crippen molar-refractivity contribution < 1.29 is 23.7 Å². The predicted molar refractivity (Wildman–Crippen MR) is 199 cm³/mol.